The third-order valence-corrected chi connectivity index (χ3v) is 4.72. The van der Waals surface area contributed by atoms with E-state index in [1.165, 1.54) is 4.80 Å². The second-order valence-corrected chi connectivity index (χ2v) is 6.21. The fraction of sp³-hybridized carbons (Fsp3) is 0.471. The molecule has 122 valence electrons. The number of nitrogens with two attached hydrogens (primary N) is 1. The highest BCUT2D eigenvalue weighted by atomic mass is 16.2. The first-order chi connectivity index (χ1) is 11.1. The van der Waals surface area contributed by atoms with Gasteiger partial charge in [0.15, 0.2) is 0 Å². The zero-order valence-corrected chi connectivity index (χ0v) is 13.6. The number of benzene rings is 1. The van der Waals surface area contributed by atoms with Gasteiger partial charge >= 0.3 is 0 Å². The van der Waals surface area contributed by atoms with E-state index in [2.05, 4.69) is 17.1 Å². The average molecular weight is 313 g/mol. The van der Waals surface area contributed by atoms with Gasteiger partial charge in [-0.3, -0.25) is 4.79 Å². The maximum absolute atomic E-state index is 13.3. The number of hydrogen-bond acceptors (Lipinski definition) is 4. The van der Waals surface area contributed by atoms with Crippen LogP contribution in [0.15, 0.2) is 30.6 Å². The number of carbonyl (C=O) groups excluding carboxylic acids is 1. The van der Waals surface area contributed by atoms with Gasteiger partial charge in [0.1, 0.15) is 0 Å². The van der Waals surface area contributed by atoms with Crippen molar-refractivity contribution in [3.63, 3.8) is 0 Å². The molecule has 6 heteroatoms. The van der Waals surface area contributed by atoms with E-state index in [1.807, 2.05) is 30.0 Å². The average Bonchev–Trinajstić information content (AvgIpc) is 3.08. The topological polar surface area (TPSA) is 77.0 Å². The van der Waals surface area contributed by atoms with E-state index in [4.69, 9.17) is 5.73 Å². The van der Waals surface area contributed by atoms with Crippen molar-refractivity contribution < 1.29 is 4.79 Å². The van der Waals surface area contributed by atoms with Crippen molar-refractivity contribution in [2.24, 2.45) is 11.7 Å². The predicted octanol–water partition coefficient (Wildman–Crippen LogP) is 1.78. The Morgan fingerprint density at radius 2 is 2.09 bits per heavy atom. The third-order valence-electron chi connectivity index (χ3n) is 4.72. The van der Waals surface area contributed by atoms with E-state index >= 15 is 0 Å². The Morgan fingerprint density at radius 3 is 2.78 bits per heavy atom. The number of rotatable bonds is 3. The van der Waals surface area contributed by atoms with Crippen LogP contribution >= 0.6 is 0 Å². The largest absolute Gasteiger partial charge is 0.334 e. The fourth-order valence-corrected chi connectivity index (χ4v) is 3.44. The molecular formula is C17H23N5O. The van der Waals surface area contributed by atoms with Gasteiger partial charge in [0.05, 0.1) is 23.6 Å². The normalized spacial score (nSPS) is 21.4. The zero-order valence-electron chi connectivity index (χ0n) is 13.6. The second-order valence-electron chi connectivity index (χ2n) is 6.21. The minimum atomic E-state index is 0.0254. The van der Waals surface area contributed by atoms with E-state index in [-0.39, 0.29) is 11.9 Å². The summed E-state index contributed by atoms with van der Waals surface area (Å²) in [6.45, 7) is 5.37. The Morgan fingerprint density at radius 1 is 1.35 bits per heavy atom. The number of aromatic nitrogens is 3. The standard InChI is InChI=1S/C17H23N5O/c1-12-6-4-10-21(15(12)11-18)17(23)16-13(2)5-3-7-14(16)22-19-8-9-20-22/h3,5,7-9,12,15H,4,6,10-11,18H2,1-2H3. The summed E-state index contributed by atoms with van der Waals surface area (Å²) < 4.78 is 0. The van der Waals surface area contributed by atoms with Gasteiger partial charge in [-0.15, -0.1) is 0 Å². The lowest BCUT2D eigenvalue weighted by atomic mass is 9.89. The van der Waals surface area contributed by atoms with Crippen LogP contribution in [0.2, 0.25) is 0 Å². The van der Waals surface area contributed by atoms with Gasteiger partial charge < -0.3 is 10.6 Å². The second kappa shape index (κ2) is 6.50. The van der Waals surface area contributed by atoms with E-state index in [0.717, 1.165) is 24.9 Å². The molecule has 1 fully saturated rings. The van der Waals surface area contributed by atoms with Crippen LogP contribution in [0.1, 0.15) is 35.7 Å². The molecule has 2 aromatic rings. The van der Waals surface area contributed by atoms with Crippen molar-refractivity contribution >= 4 is 5.91 Å². The molecule has 0 aliphatic carbocycles. The lowest BCUT2D eigenvalue weighted by molar-refractivity contribution is 0.0531. The van der Waals surface area contributed by atoms with Crippen LogP contribution in [-0.4, -0.2) is 44.9 Å². The highest BCUT2D eigenvalue weighted by molar-refractivity contribution is 5.99. The molecule has 2 atom stereocenters. The van der Waals surface area contributed by atoms with E-state index < -0.39 is 0 Å². The van der Waals surface area contributed by atoms with Crippen molar-refractivity contribution in [1.29, 1.82) is 0 Å². The minimum absolute atomic E-state index is 0.0254. The first-order valence-corrected chi connectivity index (χ1v) is 8.10. The SMILES string of the molecule is Cc1cccc(-n2nccn2)c1C(=O)N1CCCC(C)C1CN. The molecule has 2 unspecified atom stereocenters. The molecule has 0 spiro atoms. The van der Waals surface area contributed by atoms with Crippen LogP contribution in [-0.2, 0) is 0 Å². The van der Waals surface area contributed by atoms with Crippen molar-refractivity contribution in [3.8, 4) is 5.69 Å². The maximum atomic E-state index is 13.3. The molecule has 2 N–H and O–H groups in total. The smallest absolute Gasteiger partial charge is 0.256 e. The molecule has 0 bridgehead atoms. The molecule has 3 rings (SSSR count). The summed E-state index contributed by atoms with van der Waals surface area (Å²) in [6.07, 6.45) is 5.36. The van der Waals surface area contributed by atoms with Crippen LogP contribution in [0.4, 0.5) is 0 Å². The van der Waals surface area contributed by atoms with Crippen molar-refractivity contribution in [3.05, 3.63) is 41.7 Å². The molecule has 1 aromatic heterocycles. The van der Waals surface area contributed by atoms with Crippen molar-refractivity contribution in [2.75, 3.05) is 13.1 Å². The Bertz CT molecular complexity index is 682. The fourth-order valence-electron chi connectivity index (χ4n) is 3.44. The summed E-state index contributed by atoms with van der Waals surface area (Å²) in [5, 5.41) is 8.36. The number of aryl methyl sites for hydroxylation is 1. The summed E-state index contributed by atoms with van der Waals surface area (Å²) in [5.41, 5.74) is 8.26. The van der Waals surface area contributed by atoms with Crippen molar-refractivity contribution in [1.82, 2.24) is 19.9 Å². The van der Waals surface area contributed by atoms with Crippen LogP contribution in [0, 0.1) is 12.8 Å². The third kappa shape index (κ3) is 2.86. The quantitative estimate of drug-likeness (QED) is 0.937. The Kier molecular flexibility index (Phi) is 4.43. The lowest BCUT2D eigenvalue weighted by Crippen LogP contribution is -2.51. The van der Waals surface area contributed by atoms with Gasteiger partial charge in [-0.1, -0.05) is 19.1 Å². The lowest BCUT2D eigenvalue weighted by Gasteiger charge is -2.40. The van der Waals surface area contributed by atoms with E-state index in [9.17, 15) is 4.79 Å². The molecule has 0 radical (unpaired) electrons. The number of likely N-dealkylation sites (tertiary alicyclic amines) is 1. The highest BCUT2D eigenvalue weighted by Gasteiger charge is 2.33. The number of piperidine rings is 1. The number of nitrogens with zero attached hydrogens (tertiary/aromatic N) is 4. The molecular weight excluding hydrogens is 290 g/mol. The van der Waals surface area contributed by atoms with E-state index in [0.29, 0.717) is 23.7 Å². The predicted molar refractivity (Wildman–Crippen MR) is 88.4 cm³/mol. The summed E-state index contributed by atoms with van der Waals surface area (Å²) >= 11 is 0. The van der Waals surface area contributed by atoms with Crippen LogP contribution in [0.25, 0.3) is 5.69 Å². The molecule has 1 saturated heterocycles. The first-order valence-electron chi connectivity index (χ1n) is 8.10. The van der Waals surface area contributed by atoms with Crippen LogP contribution in [0.3, 0.4) is 0 Å². The van der Waals surface area contributed by atoms with Gasteiger partial charge in [0.2, 0.25) is 0 Å². The molecule has 2 heterocycles. The van der Waals surface area contributed by atoms with E-state index in [1.54, 1.807) is 12.4 Å². The van der Waals surface area contributed by atoms with Gasteiger partial charge in [-0.25, -0.2) is 0 Å². The summed E-state index contributed by atoms with van der Waals surface area (Å²) in [6, 6.07) is 5.84. The summed E-state index contributed by atoms with van der Waals surface area (Å²) in [4.78, 5) is 16.7. The Labute approximate surface area is 136 Å². The van der Waals surface area contributed by atoms with Gasteiger partial charge in [-0.2, -0.15) is 15.0 Å². The highest BCUT2D eigenvalue weighted by Crippen LogP contribution is 2.27. The summed E-state index contributed by atoms with van der Waals surface area (Å²) in [5.74, 6) is 0.449. The molecule has 0 saturated carbocycles. The number of carbonyl (C=O) groups is 1. The van der Waals surface area contributed by atoms with Gasteiger partial charge in [0.25, 0.3) is 5.91 Å². The Hall–Kier alpha value is -2.21. The molecule has 1 aliphatic heterocycles. The summed E-state index contributed by atoms with van der Waals surface area (Å²) in [7, 11) is 0. The molecule has 1 aromatic carbocycles. The zero-order chi connectivity index (χ0) is 16.4. The van der Waals surface area contributed by atoms with Crippen LogP contribution in [0.5, 0.6) is 0 Å². The molecule has 1 aliphatic rings. The molecule has 6 nitrogen and oxygen atoms in total. The number of amides is 1. The van der Waals surface area contributed by atoms with Crippen LogP contribution < -0.4 is 5.73 Å². The first kappa shape index (κ1) is 15.7. The Balaban J connectivity index is 2.02. The minimum Gasteiger partial charge on any atom is -0.334 e. The monoisotopic (exact) mass is 313 g/mol. The van der Waals surface area contributed by atoms with Crippen molar-refractivity contribution in [2.45, 2.75) is 32.7 Å². The molecule has 1 amide bonds. The maximum Gasteiger partial charge on any atom is 0.256 e. The molecule has 23 heavy (non-hydrogen) atoms. The van der Waals surface area contributed by atoms with Gasteiger partial charge in [-0.05, 0) is 37.3 Å². The van der Waals surface area contributed by atoms with Gasteiger partial charge in [0, 0.05) is 19.1 Å². The number of hydrogen-bond donors (Lipinski definition) is 1.